The summed E-state index contributed by atoms with van der Waals surface area (Å²) in [7, 11) is 0. The minimum Gasteiger partial charge on any atom is -0.327 e. The Balaban J connectivity index is 1.94. The number of hydrogen-bond acceptors (Lipinski definition) is 1. The summed E-state index contributed by atoms with van der Waals surface area (Å²) < 4.78 is 26.0. The quantitative estimate of drug-likeness (QED) is 0.878. The lowest BCUT2D eigenvalue weighted by atomic mass is 9.70. The first-order valence-corrected chi connectivity index (χ1v) is 7.07. The number of benzene rings is 1. The lowest BCUT2D eigenvalue weighted by Gasteiger charge is -2.36. The number of rotatable bonds is 3. The van der Waals surface area contributed by atoms with E-state index < -0.39 is 11.6 Å². The van der Waals surface area contributed by atoms with Gasteiger partial charge in [0.05, 0.1) is 0 Å². The minimum atomic E-state index is -0.795. The van der Waals surface area contributed by atoms with Crippen LogP contribution in [0.15, 0.2) is 18.2 Å². The molecule has 1 fully saturated rings. The number of halogens is 2. The van der Waals surface area contributed by atoms with Crippen LogP contribution >= 0.6 is 0 Å². The van der Waals surface area contributed by atoms with Crippen LogP contribution in [0.25, 0.3) is 0 Å². The lowest BCUT2D eigenvalue weighted by molar-refractivity contribution is 0.173. The maximum absolute atomic E-state index is 13.2. The third-order valence-electron chi connectivity index (χ3n) is 4.44. The average Bonchev–Trinajstić information content (AvgIpc) is 2.33. The van der Waals surface area contributed by atoms with Crippen molar-refractivity contribution in [3.05, 3.63) is 35.4 Å². The molecule has 1 aromatic rings. The van der Waals surface area contributed by atoms with Crippen molar-refractivity contribution < 1.29 is 8.78 Å². The molecule has 0 heterocycles. The molecule has 0 amide bonds. The van der Waals surface area contributed by atoms with Gasteiger partial charge < -0.3 is 5.73 Å². The summed E-state index contributed by atoms with van der Waals surface area (Å²) in [5.41, 5.74) is 7.46. The highest BCUT2D eigenvalue weighted by atomic mass is 19.2. The van der Waals surface area contributed by atoms with Gasteiger partial charge in [-0.15, -0.1) is 0 Å². The van der Waals surface area contributed by atoms with E-state index in [4.69, 9.17) is 5.73 Å². The monoisotopic (exact) mass is 267 g/mol. The Labute approximate surface area is 114 Å². The Bertz CT molecular complexity index is 432. The van der Waals surface area contributed by atoms with Crippen molar-refractivity contribution in [3.63, 3.8) is 0 Å². The molecule has 1 nitrogen and oxygen atoms in total. The van der Waals surface area contributed by atoms with E-state index >= 15 is 0 Å². The van der Waals surface area contributed by atoms with Crippen LogP contribution in [-0.4, -0.2) is 6.04 Å². The van der Waals surface area contributed by atoms with E-state index in [2.05, 4.69) is 13.8 Å². The SMILES string of the molecule is CC1(C)CCC(C(N)Cc2ccc(F)c(F)c2)CC1. The van der Waals surface area contributed by atoms with Crippen LogP contribution in [0.2, 0.25) is 0 Å². The first-order valence-electron chi connectivity index (χ1n) is 7.07. The van der Waals surface area contributed by atoms with Crippen molar-refractivity contribution in [2.75, 3.05) is 0 Å². The fraction of sp³-hybridized carbons (Fsp3) is 0.625. The topological polar surface area (TPSA) is 26.0 Å². The van der Waals surface area contributed by atoms with Gasteiger partial charge in [0.25, 0.3) is 0 Å². The highest BCUT2D eigenvalue weighted by molar-refractivity contribution is 5.19. The summed E-state index contributed by atoms with van der Waals surface area (Å²) in [6.45, 7) is 4.59. The third kappa shape index (κ3) is 3.75. The van der Waals surface area contributed by atoms with Crippen molar-refractivity contribution in [2.45, 2.75) is 52.0 Å². The zero-order valence-electron chi connectivity index (χ0n) is 11.8. The molecule has 1 unspecified atom stereocenters. The smallest absolute Gasteiger partial charge is 0.159 e. The highest BCUT2D eigenvalue weighted by Gasteiger charge is 2.29. The molecule has 3 heteroatoms. The molecule has 1 saturated carbocycles. The first kappa shape index (κ1) is 14.4. The average molecular weight is 267 g/mol. The van der Waals surface area contributed by atoms with Gasteiger partial charge in [0.15, 0.2) is 11.6 Å². The summed E-state index contributed by atoms with van der Waals surface area (Å²) in [4.78, 5) is 0. The third-order valence-corrected chi connectivity index (χ3v) is 4.44. The van der Waals surface area contributed by atoms with Crippen LogP contribution in [0, 0.1) is 23.0 Å². The first-order chi connectivity index (χ1) is 8.87. The second kappa shape index (κ2) is 5.58. The van der Waals surface area contributed by atoms with Crippen molar-refractivity contribution >= 4 is 0 Å². The van der Waals surface area contributed by atoms with Crippen molar-refractivity contribution in [2.24, 2.45) is 17.1 Å². The molecule has 2 N–H and O–H groups in total. The molecule has 1 atom stereocenters. The maximum Gasteiger partial charge on any atom is 0.159 e. The summed E-state index contributed by atoms with van der Waals surface area (Å²) in [6, 6.07) is 4.12. The molecule has 0 spiro atoms. The van der Waals surface area contributed by atoms with Crippen LogP contribution < -0.4 is 5.73 Å². The lowest BCUT2D eigenvalue weighted by Crippen LogP contribution is -2.36. The fourth-order valence-corrected chi connectivity index (χ4v) is 2.96. The standard InChI is InChI=1S/C16H23F2N/c1-16(2)7-5-12(6-8-16)15(19)10-11-3-4-13(17)14(18)9-11/h3-4,9,12,15H,5-8,10,19H2,1-2H3. The van der Waals surface area contributed by atoms with Crippen molar-refractivity contribution in [3.8, 4) is 0 Å². The zero-order chi connectivity index (χ0) is 14.0. The second-order valence-electron chi connectivity index (χ2n) is 6.62. The fourth-order valence-electron chi connectivity index (χ4n) is 2.96. The largest absolute Gasteiger partial charge is 0.327 e. The molecule has 1 aliphatic carbocycles. The Hall–Kier alpha value is -0.960. The van der Waals surface area contributed by atoms with E-state index in [1.807, 2.05) is 0 Å². The Morgan fingerprint density at radius 2 is 1.84 bits per heavy atom. The molecule has 1 aliphatic rings. The van der Waals surface area contributed by atoms with Gasteiger partial charge in [0.2, 0.25) is 0 Å². The molecule has 0 aromatic heterocycles. The molecular formula is C16H23F2N. The van der Waals surface area contributed by atoms with Gasteiger partial charge in [0, 0.05) is 6.04 Å². The molecular weight excluding hydrogens is 244 g/mol. The zero-order valence-corrected chi connectivity index (χ0v) is 11.8. The molecule has 1 aromatic carbocycles. The molecule has 0 saturated heterocycles. The summed E-state index contributed by atoms with van der Waals surface area (Å²) in [6.07, 6.45) is 5.30. The van der Waals surface area contributed by atoms with E-state index in [1.54, 1.807) is 6.07 Å². The van der Waals surface area contributed by atoms with Gasteiger partial charge in [-0.25, -0.2) is 8.78 Å². The number of hydrogen-bond donors (Lipinski definition) is 1. The molecule has 0 bridgehead atoms. The molecule has 106 valence electrons. The molecule has 19 heavy (non-hydrogen) atoms. The van der Waals surface area contributed by atoms with Crippen LogP contribution in [0.1, 0.15) is 45.1 Å². The Kier molecular flexibility index (Phi) is 4.24. The summed E-state index contributed by atoms with van der Waals surface area (Å²) in [5, 5.41) is 0. The van der Waals surface area contributed by atoms with Gasteiger partial charge in [-0.05, 0) is 61.1 Å². The van der Waals surface area contributed by atoms with Crippen LogP contribution in [0.3, 0.4) is 0 Å². The van der Waals surface area contributed by atoms with E-state index in [-0.39, 0.29) is 6.04 Å². The second-order valence-corrected chi connectivity index (χ2v) is 6.62. The number of nitrogens with two attached hydrogens (primary N) is 1. The van der Waals surface area contributed by atoms with Gasteiger partial charge in [-0.1, -0.05) is 19.9 Å². The minimum absolute atomic E-state index is 0.0426. The summed E-state index contributed by atoms with van der Waals surface area (Å²) in [5.74, 6) is -1.08. The van der Waals surface area contributed by atoms with E-state index in [9.17, 15) is 8.78 Å². The van der Waals surface area contributed by atoms with Crippen LogP contribution in [0.4, 0.5) is 8.78 Å². The van der Waals surface area contributed by atoms with E-state index in [0.29, 0.717) is 17.8 Å². The van der Waals surface area contributed by atoms with E-state index in [0.717, 1.165) is 18.4 Å². The normalized spacial score (nSPS) is 21.3. The van der Waals surface area contributed by atoms with Crippen LogP contribution in [-0.2, 0) is 6.42 Å². The van der Waals surface area contributed by atoms with Gasteiger partial charge in [-0.2, -0.15) is 0 Å². The van der Waals surface area contributed by atoms with Gasteiger partial charge in [0.1, 0.15) is 0 Å². The molecule has 0 radical (unpaired) electrons. The van der Waals surface area contributed by atoms with Crippen molar-refractivity contribution in [1.29, 1.82) is 0 Å². The Morgan fingerprint density at radius 3 is 2.42 bits per heavy atom. The maximum atomic E-state index is 13.2. The summed E-state index contributed by atoms with van der Waals surface area (Å²) >= 11 is 0. The molecule has 2 rings (SSSR count). The molecule has 0 aliphatic heterocycles. The van der Waals surface area contributed by atoms with Crippen LogP contribution in [0.5, 0.6) is 0 Å². The van der Waals surface area contributed by atoms with Crippen molar-refractivity contribution in [1.82, 2.24) is 0 Å². The highest BCUT2D eigenvalue weighted by Crippen LogP contribution is 2.39. The van der Waals surface area contributed by atoms with E-state index in [1.165, 1.54) is 25.0 Å². The van der Waals surface area contributed by atoms with Gasteiger partial charge >= 0.3 is 0 Å². The Morgan fingerprint density at radius 1 is 1.21 bits per heavy atom. The van der Waals surface area contributed by atoms with Gasteiger partial charge in [-0.3, -0.25) is 0 Å². The predicted molar refractivity (Wildman–Crippen MR) is 73.8 cm³/mol. The predicted octanol–water partition coefficient (Wildman–Crippen LogP) is 4.05.